The van der Waals surface area contributed by atoms with E-state index in [0.29, 0.717) is 12.2 Å². The fourth-order valence-corrected chi connectivity index (χ4v) is 3.05. The number of benzene rings is 2. The van der Waals surface area contributed by atoms with Crippen molar-refractivity contribution in [1.82, 2.24) is 4.57 Å². The highest BCUT2D eigenvalue weighted by Gasteiger charge is 2.13. The lowest BCUT2D eigenvalue weighted by atomic mass is 10.0. The van der Waals surface area contributed by atoms with Gasteiger partial charge in [-0.15, -0.1) is 0 Å². The molecular weight excluding hydrogens is 368 g/mol. The summed E-state index contributed by atoms with van der Waals surface area (Å²) in [7, 11) is 1.31. The first kappa shape index (κ1) is 20.2. The van der Waals surface area contributed by atoms with E-state index >= 15 is 0 Å². The van der Waals surface area contributed by atoms with Crippen molar-refractivity contribution in [2.45, 2.75) is 26.4 Å². The van der Waals surface area contributed by atoms with E-state index < -0.39 is 5.97 Å². The lowest BCUT2D eigenvalue weighted by Crippen LogP contribution is -2.11. The van der Waals surface area contributed by atoms with E-state index in [0.717, 1.165) is 11.1 Å². The van der Waals surface area contributed by atoms with Crippen LogP contribution in [-0.2, 0) is 22.6 Å². The molecule has 0 aliphatic rings. The summed E-state index contributed by atoms with van der Waals surface area (Å²) >= 11 is 0. The minimum atomic E-state index is -1.04. The minimum absolute atomic E-state index is 0.116. The summed E-state index contributed by atoms with van der Waals surface area (Å²) < 4.78 is 6.16. The van der Waals surface area contributed by atoms with Crippen LogP contribution in [0.1, 0.15) is 28.0 Å². The molecule has 1 heterocycles. The van der Waals surface area contributed by atoms with Gasteiger partial charge in [-0.25, -0.2) is 4.79 Å². The topological polar surface area (TPSA) is 80.6 Å². The summed E-state index contributed by atoms with van der Waals surface area (Å²) in [5.74, 6) is -1.41. The maximum atomic E-state index is 11.5. The second-order valence-corrected chi connectivity index (χ2v) is 6.86. The molecule has 150 valence electrons. The molecule has 3 aromatic rings. The van der Waals surface area contributed by atoms with Crippen LogP contribution in [0.5, 0.6) is 0 Å². The average Bonchev–Trinajstić information content (AvgIpc) is 3.15. The van der Waals surface area contributed by atoms with Gasteiger partial charge in [0, 0.05) is 19.3 Å². The molecule has 0 saturated heterocycles. The number of carboxylic acid groups (broad SMARTS) is 1. The van der Waals surface area contributed by atoms with E-state index in [4.69, 9.17) is 0 Å². The number of carbonyl (C=O) groups excluding carboxylic acids is 1. The normalized spacial score (nSPS) is 10.6. The van der Waals surface area contributed by atoms with Crippen LogP contribution in [0, 0.1) is 6.92 Å². The lowest BCUT2D eigenvalue weighted by Gasteiger charge is -2.07. The smallest absolute Gasteiger partial charge is 0.352 e. The molecule has 0 unspecified atom stereocenters. The molecule has 0 spiro atoms. The zero-order valence-electron chi connectivity index (χ0n) is 16.5. The quantitative estimate of drug-likeness (QED) is 0.558. The number of aromatic carboxylic acids is 1. The largest absolute Gasteiger partial charge is 0.477 e. The first-order valence-corrected chi connectivity index (χ1v) is 9.36. The molecule has 0 aliphatic heterocycles. The number of hydrogen-bond acceptors (Lipinski definition) is 4. The van der Waals surface area contributed by atoms with Gasteiger partial charge < -0.3 is 19.7 Å². The third kappa shape index (κ3) is 5.25. The molecule has 2 aromatic carbocycles. The Hall–Kier alpha value is -3.54. The number of anilines is 1. The molecular formula is C23H24N2O4. The molecule has 0 aliphatic carbocycles. The highest BCUT2D eigenvalue weighted by molar-refractivity contribution is 5.87. The number of carbonyl (C=O) groups is 2. The number of nitrogens with one attached hydrogen (secondary N) is 1. The first-order valence-electron chi connectivity index (χ1n) is 9.36. The summed E-state index contributed by atoms with van der Waals surface area (Å²) in [4.78, 5) is 22.8. The van der Waals surface area contributed by atoms with Crippen LogP contribution in [-0.4, -0.2) is 28.7 Å². The van der Waals surface area contributed by atoms with Crippen molar-refractivity contribution in [1.29, 1.82) is 0 Å². The van der Waals surface area contributed by atoms with Crippen molar-refractivity contribution in [3.63, 3.8) is 0 Å². The molecule has 0 atom stereocenters. The van der Waals surface area contributed by atoms with Crippen molar-refractivity contribution < 1.29 is 19.4 Å². The molecule has 6 nitrogen and oxygen atoms in total. The maximum absolute atomic E-state index is 11.5. The standard InChI is InChI=1S/C23H24N2O4/c1-16-3-7-18(8-4-16)19-9-5-17(6-10-19)14-24-20-13-21(23(27)28)25(15-20)12-11-22(26)29-2/h3-10,13,15,24H,11-12,14H2,1-2H3,(H,27,28). The number of carboxylic acids is 1. The van der Waals surface area contributed by atoms with Gasteiger partial charge in [0.25, 0.3) is 0 Å². The highest BCUT2D eigenvalue weighted by Crippen LogP contribution is 2.21. The molecule has 6 heteroatoms. The van der Waals surface area contributed by atoms with Crippen LogP contribution in [0.4, 0.5) is 5.69 Å². The summed E-state index contributed by atoms with van der Waals surface area (Å²) in [5.41, 5.74) is 5.45. The molecule has 0 amide bonds. The van der Waals surface area contributed by atoms with E-state index in [1.807, 2.05) is 0 Å². The Balaban J connectivity index is 1.65. The van der Waals surface area contributed by atoms with Crippen LogP contribution < -0.4 is 5.32 Å². The summed E-state index contributed by atoms with van der Waals surface area (Å²) in [5, 5.41) is 12.6. The Morgan fingerprint density at radius 3 is 2.24 bits per heavy atom. The molecule has 1 aromatic heterocycles. The van der Waals surface area contributed by atoms with Crippen molar-refractivity contribution in [3.8, 4) is 11.1 Å². The van der Waals surface area contributed by atoms with Crippen molar-refractivity contribution >= 4 is 17.6 Å². The second-order valence-electron chi connectivity index (χ2n) is 6.86. The van der Waals surface area contributed by atoms with Gasteiger partial charge in [0.2, 0.25) is 0 Å². The van der Waals surface area contributed by atoms with Crippen LogP contribution in [0.25, 0.3) is 11.1 Å². The molecule has 2 N–H and O–H groups in total. The molecule has 0 radical (unpaired) electrons. The summed E-state index contributed by atoms with van der Waals surface area (Å²) in [6, 6.07) is 18.2. The van der Waals surface area contributed by atoms with E-state index in [1.54, 1.807) is 16.8 Å². The van der Waals surface area contributed by atoms with Gasteiger partial charge in [-0.2, -0.15) is 0 Å². The number of nitrogens with zero attached hydrogens (tertiary/aromatic N) is 1. The molecule has 0 saturated carbocycles. The monoisotopic (exact) mass is 392 g/mol. The Labute approximate surface area is 169 Å². The number of rotatable bonds is 8. The average molecular weight is 392 g/mol. The summed E-state index contributed by atoms with van der Waals surface area (Å²) in [6.45, 7) is 2.88. The zero-order chi connectivity index (χ0) is 20.8. The Kier molecular flexibility index (Phi) is 6.34. The van der Waals surface area contributed by atoms with Crippen LogP contribution in [0.2, 0.25) is 0 Å². The van der Waals surface area contributed by atoms with E-state index in [2.05, 4.69) is 65.5 Å². The van der Waals surface area contributed by atoms with E-state index in [9.17, 15) is 14.7 Å². The van der Waals surface area contributed by atoms with E-state index in [-0.39, 0.29) is 24.6 Å². The lowest BCUT2D eigenvalue weighted by molar-refractivity contribution is -0.140. The van der Waals surface area contributed by atoms with Gasteiger partial charge in [0.15, 0.2) is 0 Å². The second kappa shape index (κ2) is 9.10. The van der Waals surface area contributed by atoms with Gasteiger partial charge in [0.05, 0.1) is 19.2 Å². The predicted octanol–water partition coefficient (Wildman–Crippen LogP) is 4.34. The number of aryl methyl sites for hydroxylation is 2. The number of esters is 1. The number of methoxy groups -OCH3 is 1. The Morgan fingerprint density at radius 1 is 1.03 bits per heavy atom. The van der Waals surface area contributed by atoms with Crippen molar-refractivity contribution in [2.75, 3.05) is 12.4 Å². The Bertz CT molecular complexity index is 989. The number of hydrogen-bond donors (Lipinski definition) is 2. The van der Waals surface area contributed by atoms with Gasteiger partial charge in [-0.05, 0) is 29.7 Å². The molecule has 29 heavy (non-hydrogen) atoms. The van der Waals surface area contributed by atoms with Crippen molar-refractivity contribution in [2.24, 2.45) is 0 Å². The minimum Gasteiger partial charge on any atom is -0.477 e. The first-order chi connectivity index (χ1) is 14.0. The fourth-order valence-electron chi connectivity index (χ4n) is 3.05. The molecule has 3 rings (SSSR count). The number of ether oxygens (including phenoxy) is 1. The maximum Gasteiger partial charge on any atom is 0.352 e. The van der Waals surface area contributed by atoms with Gasteiger partial charge in [-0.3, -0.25) is 4.79 Å². The van der Waals surface area contributed by atoms with Gasteiger partial charge >= 0.3 is 11.9 Å². The van der Waals surface area contributed by atoms with Gasteiger partial charge in [-0.1, -0.05) is 54.1 Å². The predicted molar refractivity (Wildman–Crippen MR) is 112 cm³/mol. The molecule has 0 fully saturated rings. The zero-order valence-corrected chi connectivity index (χ0v) is 16.5. The molecule has 0 bridgehead atoms. The van der Waals surface area contributed by atoms with Crippen LogP contribution >= 0.6 is 0 Å². The SMILES string of the molecule is COC(=O)CCn1cc(NCc2ccc(-c3ccc(C)cc3)cc2)cc1C(=O)O. The van der Waals surface area contributed by atoms with Crippen molar-refractivity contribution in [3.05, 3.63) is 77.6 Å². The number of aromatic nitrogens is 1. The van der Waals surface area contributed by atoms with E-state index in [1.165, 1.54) is 18.2 Å². The fraction of sp³-hybridized carbons (Fsp3) is 0.217. The highest BCUT2D eigenvalue weighted by atomic mass is 16.5. The summed E-state index contributed by atoms with van der Waals surface area (Å²) in [6.07, 6.45) is 1.82. The van der Waals surface area contributed by atoms with Crippen LogP contribution in [0.3, 0.4) is 0 Å². The van der Waals surface area contributed by atoms with Crippen LogP contribution in [0.15, 0.2) is 60.8 Å². The Morgan fingerprint density at radius 2 is 1.66 bits per heavy atom. The van der Waals surface area contributed by atoms with Gasteiger partial charge in [0.1, 0.15) is 5.69 Å². The third-order valence-electron chi connectivity index (χ3n) is 4.74. The third-order valence-corrected chi connectivity index (χ3v) is 4.74.